The van der Waals surface area contributed by atoms with Crippen molar-refractivity contribution in [3.05, 3.63) is 0 Å². The van der Waals surface area contributed by atoms with Crippen LogP contribution >= 0.6 is 0 Å². The van der Waals surface area contributed by atoms with E-state index < -0.39 is 0 Å². The molecule has 0 aliphatic rings. The van der Waals surface area contributed by atoms with Crippen LogP contribution in [0.3, 0.4) is 0 Å². The Morgan fingerprint density at radius 1 is 1.46 bits per heavy atom. The van der Waals surface area contributed by atoms with Gasteiger partial charge in [0.05, 0.1) is 13.7 Å². The topological polar surface area (TPSA) is 47.6 Å². The standard InChI is InChI=1S/C9H19NO3/c1-4-6-13-7-5-10-8(2)9(11)12-3/h8,10H,4-7H2,1-3H3. The molecule has 0 heterocycles. The smallest absolute Gasteiger partial charge is 0.322 e. The molecule has 0 radical (unpaired) electrons. The molecule has 1 unspecified atom stereocenters. The number of methoxy groups -OCH3 is 1. The Balaban J connectivity index is 3.26. The Labute approximate surface area is 79.6 Å². The van der Waals surface area contributed by atoms with Gasteiger partial charge in [-0.1, -0.05) is 6.92 Å². The van der Waals surface area contributed by atoms with Crippen molar-refractivity contribution in [3.63, 3.8) is 0 Å². The van der Waals surface area contributed by atoms with Crippen LogP contribution in [0.4, 0.5) is 0 Å². The molecule has 0 spiro atoms. The molecule has 0 aromatic rings. The predicted octanol–water partition coefficient (Wildman–Crippen LogP) is 0.564. The van der Waals surface area contributed by atoms with Gasteiger partial charge in [-0.15, -0.1) is 0 Å². The third-order valence-electron chi connectivity index (χ3n) is 1.60. The summed E-state index contributed by atoms with van der Waals surface area (Å²) in [6.45, 7) is 5.91. The number of rotatable bonds is 7. The van der Waals surface area contributed by atoms with Crippen molar-refractivity contribution in [3.8, 4) is 0 Å². The Hall–Kier alpha value is -0.610. The fraction of sp³-hybridized carbons (Fsp3) is 0.889. The number of ether oxygens (including phenoxy) is 2. The highest BCUT2D eigenvalue weighted by Gasteiger charge is 2.10. The van der Waals surface area contributed by atoms with Crippen LogP contribution in [-0.4, -0.2) is 38.9 Å². The maximum atomic E-state index is 10.9. The van der Waals surface area contributed by atoms with Gasteiger partial charge >= 0.3 is 5.97 Å². The van der Waals surface area contributed by atoms with Gasteiger partial charge in [-0.25, -0.2) is 0 Å². The third-order valence-corrected chi connectivity index (χ3v) is 1.60. The first-order valence-corrected chi connectivity index (χ1v) is 4.61. The predicted molar refractivity (Wildman–Crippen MR) is 50.6 cm³/mol. The van der Waals surface area contributed by atoms with Crippen LogP contribution in [0.1, 0.15) is 20.3 Å². The van der Waals surface area contributed by atoms with E-state index in [9.17, 15) is 4.79 Å². The van der Waals surface area contributed by atoms with Gasteiger partial charge in [0, 0.05) is 13.2 Å². The molecule has 0 bridgehead atoms. The average molecular weight is 189 g/mol. The second-order valence-corrected chi connectivity index (χ2v) is 2.81. The van der Waals surface area contributed by atoms with Crippen LogP contribution in [0.2, 0.25) is 0 Å². The minimum absolute atomic E-state index is 0.240. The Morgan fingerprint density at radius 3 is 2.69 bits per heavy atom. The van der Waals surface area contributed by atoms with E-state index in [4.69, 9.17) is 4.74 Å². The van der Waals surface area contributed by atoms with E-state index in [1.54, 1.807) is 6.92 Å². The molecule has 0 saturated heterocycles. The second-order valence-electron chi connectivity index (χ2n) is 2.81. The normalized spacial score (nSPS) is 12.5. The molecule has 1 atom stereocenters. The molecule has 4 heteroatoms. The van der Waals surface area contributed by atoms with E-state index in [1.165, 1.54) is 7.11 Å². The maximum absolute atomic E-state index is 10.9. The van der Waals surface area contributed by atoms with Crippen LogP contribution in [0, 0.1) is 0 Å². The van der Waals surface area contributed by atoms with Gasteiger partial charge in [0.2, 0.25) is 0 Å². The largest absolute Gasteiger partial charge is 0.468 e. The number of esters is 1. The van der Waals surface area contributed by atoms with Crippen LogP contribution in [0.25, 0.3) is 0 Å². The lowest BCUT2D eigenvalue weighted by Gasteiger charge is -2.10. The number of carbonyl (C=O) groups excluding carboxylic acids is 1. The average Bonchev–Trinajstić information content (AvgIpc) is 2.16. The molecular formula is C9H19NO3. The SMILES string of the molecule is CCCOCCNC(C)C(=O)OC. The van der Waals surface area contributed by atoms with E-state index >= 15 is 0 Å². The van der Waals surface area contributed by atoms with E-state index in [2.05, 4.69) is 17.0 Å². The van der Waals surface area contributed by atoms with Crippen molar-refractivity contribution < 1.29 is 14.3 Å². The third kappa shape index (κ3) is 6.54. The van der Waals surface area contributed by atoms with Gasteiger partial charge in [-0.05, 0) is 13.3 Å². The van der Waals surface area contributed by atoms with Crippen molar-refractivity contribution in [2.45, 2.75) is 26.3 Å². The summed E-state index contributed by atoms with van der Waals surface area (Å²) in [7, 11) is 1.38. The van der Waals surface area contributed by atoms with Crippen LogP contribution in [0.5, 0.6) is 0 Å². The molecule has 0 saturated carbocycles. The fourth-order valence-electron chi connectivity index (χ4n) is 0.854. The van der Waals surface area contributed by atoms with Crippen molar-refractivity contribution in [2.75, 3.05) is 26.9 Å². The summed E-state index contributed by atoms with van der Waals surface area (Å²) < 4.78 is 9.78. The molecule has 13 heavy (non-hydrogen) atoms. The lowest BCUT2D eigenvalue weighted by Crippen LogP contribution is -2.36. The molecule has 0 aliphatic carbocycles. The molecule has 0 aromatic carbocycles. The zero-order valence-corrected chi connectivity index (χ0v) is 8.63. The minimum Gasteiger partial charge on any atom is -0.468 e. The first-order valence-electron chi connectivity index (χ1n) is 4.61. The first kappa shape index (κ1) is 12.4. The van der Waals surface area contributed by atoms with E-state index in [0.717, 1.165) is 13.0 Å². The highest BCUT2D eigenvalue weighted by atomic mass is 16.5. The second kappa shape index (κ2) is 8.01. The molecule has 78 valence electrons. The van der Waals surface area contributed by atoms with Crippen molar-refractivity contribution >= 4 is 5.97 Å². The zero-order valence-electron chi connectivity index (χ0n) is 8.63. The van der Waals surface area contributed by atoms with E-state index in [-0.39, 0.29) is 12.0 Å². The fourth-order valence-corrected chi connectivity index (χ4v) is 0.854. The highest BCUT2D eigenvalue weighted by Crippen LogP contribution is 1.85. The van der Waals surface area contributed by atoms with Gasteiger partial charge in [-0.3, -0.25) is 4.79 Å². The van der Waals surface area contributed by atoms with Gasteiger partial charge in [0.1, 0.15) is 6.04 Å². The van der Waals surface area contributed by atoms with E-state index in [0.29, 0.717) is 13.2 Å². The van der Waals surface area contributed by atoms with Gasteiger partial charge in [0.15, 0.2) is 0 Å². The molecule has 0 aliphatic heterocycles. The molecule has 0 rings (SSSR count). The lowest BCUT2D eigenvalue weighted by atomic mass is 10.3. The molecule has 0 aromatic heterocycles. The van der Waals surface area contributed by atoms with Crippen LogP contribution in [0.15, 0.2) is 0 Å². The minimum atomic E-state index is -0.254. The summed E-state index contributed by atoms with van der Waals surface area (Å²) in [6.07, 6.45) is 1.02. The number of nitrogens with one attached hydrogen (secondary N) is 1. The van der Waals surface area contributed by atoms with Gasteiger partial charge in [-0.2, -0.15) is 0 Å². The van der Waals surface area contributed by atoms with Gasteiger partial charge < -0.3 is 14.8 Å². The number of hydrogen-bond acceptors (Lipinski definition) is 4. The maximum Gasteiger partial charge on any atom is 0.322 e. The molecule has 0 fully saturated rings. The number of hydrogen-bond donors (Lipinski definition) is 1. The quantitative estimate of drug-likeness (QED) is 0.469. The van der Waals surface area contributed by atoms with Crippen molar-refractivity contribution in [1.82, 2.24) is 5.32 Å². The van der Waals surface area contributed by atoms with Gasteiger partial charge in [0.25, 0.3) is 0 Å². The highest BCUT2D eigenvalue weighted by molar-refractivity contribution is 5.74. The molecule has 1 N–H and O–H groups in total. The summed E-state index contributed by atoms with van der Waals surface area (Å²) >= 11 is 0. The Morgan fingerprint density at radius 2 is 2.15 bits per heavy atom. The molecule has 4 nitrogen and oxygen atoms in total. The number of carbonyl (C=O) groups is 1. The Kier molecular flexibility index (Phi) is 7.63. The molecular weight excluding hydrogens is 170 g/mol. The van der Waals surface area contributed by atoms with Crippen molar-refractivity contribution in [2.24, 2.45) is 0 Å². The summed E-state index contributed by atoms with van der Waals surface area (Å²) in [5.41, 5.74) is 0. The summed E-state index contributed by atoms with van der Waals surface area (Å²) in [5, 5.41) is 2.99. The van der Waals surface area contributed by atoms with Crippen molar-refractivity contribution in [1.29, 1.82) is 0 Å². The van der Waals surface area contributed by atoms with Crippen LogP contribution < -0.4 is 5.32 Å². The summed E-state index contributed by atoms with van der Waals surface area (Å²) in [6, 6.07) is -0.254. The summed E-state index contributed by atoms with van der Waals surface area (Å²) in [5.74, 6) is -0.240. The molecule has 0 amide bonds. The Bertz CT molecular complexity index is 139. The monoisotopic (exact) mass is 189 g/mol. The first-order chi connectivity index (χ1) is 6.22. The van der Waals surface area contributed by atoms with Crippen LogP contribution in [-0.2, 0) is 14.3 Å². The summed E-state index contributed by atoms with van der Waals surface area (Å²) in [4.78, 5) is 10.9. The van der Waals surface area contributed by atoms with E-state index in [1.807, 2.05) is 0 Å². The lowest BCUT2D eigenvalue weighted by molar-refractivity contribution is -0.142. The zero-order chi connectivity index (χ0) is 10.1.